The molecular formula is C23H23BrN8O4S2. The zero-order chi connectivity index (χ0) is 27.1. The molecule has 0 bridgehead atoms. The van der Waals surface area contributed by atoms with Crippen molar-refractivity contribution in [3.63, 3.8) is 0 Å². The zero-order valence-corrected chi connectivity index (χ0v) is 23.5. The van der Waals surface area contributed by atoms with Crippen LogP contribution in [0.4, 0.5) is 28.8 Å². The lowest BCUT2D eigenvalue weighted by Gasteiger charge is -2.22. The van der Waals surface area contributed by atoms with E-state index >= 15 is 0 Å². The van der Waals surface area contributed by atoms with Crippen LogP contribution in [-0.2, 0) is 20.0 Å². The lowest BCUT2D eigenvalue weighted by molar-refractivity contribution is 0.581. The molecule has 0 saturated heterocycles. The first kappa shape index (κ1) is 26.2. The van der Waals surface area contributed by atoms with Crippen molar-refractivity contribution in [2.45, 2.75) is 23.8 Å². The minimum absolute atomic E-state index is 0.0206. The third kappa shape index (κ3) is 5.70. The van der Waals surface area contributed by atoms with Gasteiger partial charge in [-0.2, -0.15) is 4.98 Å². The van der Waals surface area contributed by atoms with Crippen LogP contribution in [0.1, 0.15) is 12.8 Å². The van der Waals surface area contributed by atoms with E-state index in [0.29, 0.717) is 38.4 Å². The number of aromatic nitrogens is 4. The van der Waals surface area contributed by atoms with Crippen LogP contribution in [0.15, 0.2) is 64.4 Å². The second kappa shape index (κ2) is 10.1. The average molecular weight is 620 g/mol. The van der Waals surface area contributed by atoms with Gasteiger partial charge < -0.3 is 10.6 Å². The molecule has 0 atom stereocenters. The van der Waals surface area contributed by atoms with E-state index in [1.165, 1.54) is 37.8 Å². The number of hydrogen-bond acceptors (Lipinski definition) is 10. The number of anilines is 5. The Kier molecular flexibility index (Phi) is 6.94. The molecule has 3 N–H and O–H groups in total. The van der Waals surface area contributed by atoms with E-state index < -0.39 is 20.0 Å². The number of rotatable bonds is 9. The van der Waals surface area contributed by atoms with Crippen molar-refractivity contribution in [2.75, 3.05) is 28.2 Å². The predicted octanol–water partition coefficient (Wildman–Crippen LogP) is 3.51. The van der Waals surface area contributed by atoms with Gasteiger partial charge in [0.25, 0.3) is 0 Å². The van der Waals surface area contributed by atoms with Gasteiger partial charge in [0, 0.05) is 37.4 Å². The van der Waals surface area contributed by atoms with Crippen LogP contribution in [0.3, 0.4) is 0 Å². The van der Waals surface area contributed by atoms with Crippen LogP contribution in [0.5, 0.6) is 0 Å². The highest BCUT2D eigenvalue weighted by Crippen LogP contribution is 2.36. The summed E-state index contributed by atoms with van der Waals surface area (Å²) in [6.45, 7) is 0. The fourth-order valence-corrected chi connectivity index (χ4v) is 5.70. The second-order valence-corrected chi connectivity index (χ2v) is 13.3. The molecular weight excluding hydrogens is 596 g/mol. The van der Waals surface area contributed by atoms with Gasteiger partial charge in [-0.1, -0.05) is 0 Å². The van der Waals surface area contributed by atoms with E-state index in [2.05, 4.69) is 51.2 Å². The van der Waals surface area contributed by atoms with E-state index in [0.717, 1.165) is 23.4 Å². The third-order valence-electron chi connectivity index (χ3n) is 5.74. The SMILES string of the molecule is CN(c1c(Nc2nc(Nc3ccc(S(=O)(=O)NC4CC4)cc3)ncc2Br)ccc2nccnc12)S(C)(=O)=O. The summed E-state index contributed by atoms with van der Waals surface area (Å²) < 4.78 is 53.9. The molecule has 5 rings (SSSR count). The summed E-state index contributed by atoms with van der Waals surface area (Å²) in [5.41, 5.74) is 2.27. The van der Waals surface area contributed by atoms with E-state index in [1.54, 1.807) is 24.3 Å². The van der Waals surface area contributed by atoms with Gasteiger partial charge in [0.05, 0.1) is 26.8 Å². The van der Waals surface area contributed by atoms with Gasteiger partial charge in [-0.3, -0.25) is 14.3 Å². The van der Waals surface area contributed by atoms with Crippen molar-refractivity contribution in [1.82, 2.24) is 24.7 Å². The smallest absolute Gasteiger partial charge is 0.240 e. The Balaban J connectivity index is 1.43. The molecule has 1 saturated carbocycles. The molecule has 0 radical (unpaired) electrons. The summed E-state index contributed by atoms with van der Waals surface area (Å²) in [7, 11) is -5.73. The van der Waals surface area contributed by atoms with Gasteiger partial charge in [-0.05, 0) is 65.2 Å². The number of sulfonamides is 2. The molecule has 198 valence electrons. The highest BCUT2D eigenvalue weighted by atomic mass is 79.9. The number of nitrogens with zero attached hydrogens (tertiary/aromatic N) is 5. The molecule has 0 amide bonds. The molecule has 12 nitrogen and oxygen atoms in total. The van der Waals surface area contributed by atoms with Gasteiger partial charge in [-0.15, -0.1) is 0 Å². The first-order valence-corrected chi connectivity index (χ1v) is 15.5. The van der Waals surface area contributed by atoms with Gasteiger partial charge in [0.15, 0.2) is 0 Å². The minimum Gasteiger partial charge on any atom is -0.337 e. The zero-order valence-electron chi connectivity index (χ0n) is 20.3. The third-order valence-corrected chi connectivity index (χ3v) is 9.04. The molecule has 1 aliphatic rings. The topological polar surface area (TPSA) is 159 Å². The number of fused-ring (bicyclic) bond motifs is 1. The molecule has 0 aliphatic heterocycles. The summed E-state index contributed by atoms with van der Waals surface area (Å²) in [5.74, 6) is 0.600. The summed E-state index contributed by atoms with van der Waals surface area (Å²) in [6, 6.07) is 9.72. The summed E-state index contributed by atoms with van der Waals surface area (Å²) in [4.78, 5) is 17.6. The normalized spacial score (nSPS) is 13.9. The van der Waals surface area contributed by atoms with Crippen LogP contribution in [0.25, 0.3) is 11.0 Å². The number of benzene rings is 2. The summed E-state index contributed by atoms with van der Waals surface area (Å²) in [6.07, 6.45) is 7.38. The van der Waals surface area contributed by atoms with E-state index in [-0.39, 0.29) is 16.9 Å². The molecule has 0 unspecified atom stereocenters. The molecule has 1 aliphatic carbocycles. The molecule has 2 aromatic carbocycles. The quantitative estimate of drug-likeness (QED) is 0.253. The Hall–Kier alpha value is -3.40. The summed E-state index contributed by atoms with van der Waals surface area (Å²) in [5, 5.41) is 6.22. The molecule has 0 spiro atoms. The van der Waals surface area contributed by atoms with E-state index in [4.69, 9.17) is 0 Å². The minimum atomic E-state index is -3.62. The first-order chi connectivity index (χ1) is 18.0. The molecule has 4 aromatic rings. The highest BCUT2D eigenvalue weighted by molar-refractivity contribution is 9.10. The monoisotopic (exact) mass is 618 g/mol. The largest absolute Gasteiger partial charge is 0.337 e. The van der Waals surface area contributed by atoms with Crippen LogP contribution in [-0.4, -0.2) is 56.1 Å². The molecule has 1 fully saturated rings. The van der Waals surface area contributed by atoms with Crippen molar-refractivity contribution < 1.29 is 16.8 Å². The van der Waals surface area contributed by atoms with Crippen molar-refractivity contribution in [1.29, 1.82) is 0 Å². The maximum absolute atomic E-state index is 12.4. The number of hydrogen-bond donors (Lipinski definition) is 3. The molecule has 2 heterocycles. The highest BCUT2D eigenvalue weighted by Gasteiger charge is 2.28. The second-order valence-electron chi connectivity index (χ2n) is 8.68. The van der Waals surface area contributed by atoms with Crippen LogP contribution in [0.2, 0.25) is 0 Å². The Morgan fingerprint density at radius 1 is 0.947 bits per heavy atom. The van der Waals surface area contributed by atoms with Gasteiger partial charge in [0.2, 0.25) is 26.0 Å². The van der Waals surface area contributed by atoms with Crippen molar-refractivity contribution in [3.05, 3.63) is 59.5 Å². The fraction of sp³-hybridized carbons (Fsp3) is 0.217. The number of halogens is 1. The number of nitrogens with one attached hydrogen (secondary N) is 3. The Morgan fingerprint density at radius 2 is 1.66 bits per heavy atom. The molecule has 2 aromatic heterocycles. The van der Waals surface area contributed by atoms with Gasteiger partial charge >= 0.3 is 0 Å². The Labute approximate surface area is 228 Å². The molecule has 15 heteroatoms. The Morgan fingerprint density at radius 3 is 2.34 bits per heavy atom. The van der Waals surface area contributed by atoms with Gasteiger partial charge in [-0.25, -0.2) is 26.5 Å². The lowest BCUT2D eigenvalue weighted by atomic mass is 10.2. The first-order valence-electron chi connectivity index (χ1n) is 11.4. The van der Waals surface area contributed by atoms with Crippen LogP contribution < -0.4 is 19.7 Å². The van der Waals surface area contributed by atoms with Crippen molar-refractivity contribution in [3.8, 4) is 0 Å². The fourth-order valence-electron chi connectivity index (χ4n) is 3.59. The molecule has 38 heavy (non-hydrogen) atoms. The van der Waals surface area contributed by atoms with Crippen molar-refractivity contribution in [2.24, 2.45) is 0 Å². The Bertz CT molecular complexity index is 1730. The predicted molar refractivity (Wildman–Crippen MR) is 149 cm³/mol. The maximum atomic E-state index is 12.4. The van der Waals surface area contributed by atoms with E-state index in [9.17, 15) is 16.8 Å². The van der Waals surface area contributed by atoms with Crippen molar-refractivity contribution >= 4 is 75.8 Å². The van der Waals surface area contributed by atoms with E-state index in [1.807, 2.05) is 0 Å². The van der Waals surface area contributed by atoms with Crippen LogP contribution in [0, 0.1) is 0 Å². The summed E-state index contributed by atoms with van der Waals surface area (Å²) >= 11 is 3.43. The van der Waals surface area contributed by atoms with Gasteiger partial charge in [0.1, 0.15) is 17.0 Å². The average Bonchev–Trinajstić information content (AvgIpc) is 3.68. The maximum Gasteiger partial charge on any atom is 0.240 e. The lowest BCUT2D eigenvalue weighted by Crippen LogP contribution is -2.26. The standard InChI is InChI=1S/C23H23BrN8O4S2/c1-32(37(2,33)34)21-19(10-9-18-20(21)26-12-11-25-18)29-22-17(24)13-27-23(30-22)28-14-5-7-16(8-6-14)38(35,36)31-15-3-4-15/h5-13,15,31H,3-4H2,1-2H3,(H2,27,28,29,30). The van der Waals surface area contributed by atoms with Crippen LogP contribution >= 0.6 is 15.9 Å².